The number of carbonyl (C=O) groups excluding carboxylic acids is 2. The second kappa shape index (κ2) is 12.9. The molecule has 4 heterocycles. The van der Waals surface area contributed by atoms with Crippen molar-refractivity contribution in [1.29, 1.82) is 0 Å². The smallest absolute Gasteiger partial charge is 0.352 e. The van der Waals surface area contributed by atoms with Crippen molar-refractivity contribution < 1.29 is 24.3 Å². The van der Waals surface area contributed by atoms with Gasteiger partial charge >= 0.3 is 5.97 Å². The number of carbonyl (C=O) groups is 3. The molecule has 0 saturated carbocycles. The van der Waals surface area contributed by atoms with E-state index in [-0.39, 0.29) is 28.2 Å². The van der Waals surface area contributed by atoms with E-state index < -0.39 is 29.2 Å². The Labute approximate surface area is 242 Å². The first-order valence-electron chi connectivity index (χ1n) is 10.9. The zero-order valence-electron chi connectivity index (χ0n) is 20.1. The Bertz CT molecular complexity index is 1350. The standard InChI is InChI=1S/C19H22N10O5S5/c1-34-28-9(8-6-37-17(22)24-8)12(30)25-10-13(31)29-11(15(32)33)7(4-36-14(10)29)5-38-19-27-26-18(39-19)35-3-2-23-16(20)21/h6,10,14H,2-5H2,1H3,(H2,22,24)(H,25,30)(H,32,33)(H4,20,21,23)/t10-,14+/m1/s1. The molecule has 0 unspecified atom stereocenters. The van der Waals surface area contributed by atoms with E-state index in [0.29, 0.717) is 33.7 Å². The number of aliphatic carboxylic acids is 1. The highest BCUT2D eigenvalue weighted by Crippen LogP contribution is 2.42. The molecule has 0 aliphatic carbocycles. The number of nitrogens with zero attached hydrogens (tertiary/aromatic N) is 6. The van der Waals surface area contributed by atoms with Gasteiger partial charge in [-0.1, -0.05) is 40.0 Å². The SMILES string of the molecule is CON=C(C(=O)N[C@@H]1C(=O)N2C(C(=O)O)=C(CSc3nnc(SCCN=C(N)N)s3)CS[C@@H]12)c1csc(N)n1. The molecule has 208 valence electrons. The number of guanidine groups is 1. The molecule has 2 aliphatic heterocycles. The first-order valence-corrected chi connectivity index (χ1v) is 15.6. The number of fused-ring (bicyclic) bond motifs is 1. The van der Waals surface area contributed by atoms with Crippen molar-refractivity contribution in [1.82, 2.24) is 25.4 Å². The monoisotopic (exact) mass is 630 g/mol. The normalized spacial score (nSPS) is 18.8. The number of amides is 2. The van der Waals surface area contributed by atoms with Gasteiger partial charge in [0, 0.05) is 22.6 Å². The number of nitrogens with two attached hydrogens (primary N) is 3. The van der Waals surface area contributed by atoms with Crippen LogP contribution in [-0.4, -0.2) is 97.0 Å². The fourth-order valence-corrected chi connectivity index (χ4v) is 8.42. The maximum Gasteiger partial charge on any atom is 0.352 e. The summed E-state index contributed by atoms with van der Waals surface area (Å²) in [6.45, 7) is 0.452. The summed E-state index contributed by atoms with van der Waals surface area (Å²) in [5.41, 5.74) is 16.8. The highest BCUT2D eigenvalue weighted by Gasteiger charge is 2.54. The Morgan fingerprint density at radius 1 is 1.31 bits per heavy atom. The summed E-state index contributed by atoms with van der Waals surface area (Å²) >= 11 is 6.65. The molecule has 2 amide bonds. The first kappa shape index (κ1) is 28.9. The molecule has 1 fully saturated rings. The van der Waals surface area contributed by atoms with Gasteiger partial charge in [-0.05, 0) is 5.57 Å². The number of β-lactam (4-membered cyclic amide) rings is 1. The van der Waals surface area contributed by atoms with Gasteiger partial charge in [-0.15, -0.1) is 33.3 Å². The van der Waals surface area contributed by atoms with Crippen LogP contribution in [0.2, 0.25) is 0 Å². The van der Waals surface area contributed by atoms with Crippen molar-refractivity contribution in [3.05, 3.63) is 22.3 Å². The number of anilines is 1. The van der Waals surface area contributed by atoms with Crippen LogP contribution in [0.15, 0.2) is 35.5 Å². The molecule has 1 saturated heterocycles. The van der Waals surface area contributed by atoms with Gasteiger partial charge in [0.05, 0.1) is 6.54 Å². The number of aliphatic imine (C=N–C) groups is 1. The number of nitrogen functional groups attached to an aromatic ring is 1. The molecule has 39 heavy (non-hydrogen) atoms. The van der Waals surface area contributed by atoms with Crippen molar-refractivity contribution in [3.8, 4) is 0 Å². The predicted molar refractivity (Wildman–Crippen MR) is 152 cm³/mol. The van der Waals surface area contributed by atoms with Gasteiger partial charge in [-0.2, -0.15) is 0 Å². The summed E-state index contributed by atoms with van der Waals surface area (Å²) in [6, 6.07) is -0.939. The molecule has 4 rings (SSSR count). The van der Waals surface area contributed by atoms with E-state index in [0.717, 1.165) is 15.7 Å². The lowest BCUT2D eigenvalue weighted by Crippen LogP contribution is -2.71. The Morgan fingerprint density at radius 2 is 2.05 bits per heavy atom. The van der Waals surface area contributed by atoms with Crippen LogP contribution >= 0.6 is 58.0 Å². The zero-order chi connectivity index (χ0) is 28.1. The number of hydrogen-bond donors (Lipinski definition) is 5. The Morgan fingerprint density at radius 3 is 2.69 bits per heavy atom. The minimum Gasteiger partial charge on any atom is -0.477 e. The summed E-state index contributed by atoms with van der Waals surface area (Å²) in [7, 11) is 1.27. The second-order valence-corrected chi connectivity index (χ2v) is 13.1. The Hall–Kier alpha value is -3.07. The summed E-state index contributed by atoms with van der Waals surface area (Å²) in [4.78, 5) is 51.9. The Kier molecular flexibility index (Phi) is 9.53. The third-order valence-corrected chi connectivity index (χ3v) is 10.3. The average Bonchev–Trinajstić information content (AvgIpc) is 3.54. The number of carboxylic acid groups (broad SMARTS) is 1. The number of thioether (sulfide) groups is 3. The lowest BCUT2D eigenvalue weighted by molar-refractivity contribution is -0.150. The molecule has 2 aromatic heterocycles. The lowest BCUT2D eigenvalue weighted by atomic mass is 10.0. The molecule has 8 N–H and O–H groups in total. The van der Waals surface area contributed by atoms with Crippen molar-refractivity contribution in [2.45, 2.75) is 20.1 Å². The maximum atomic E-state index is 13.0. The fourth-order valence-electron chi connectivity index (χ4n) is 3.47. The summed E-state index contributed by atoms with van der Waals surface area (Å²) < 4.78 is 1.40. The maximum absolute atomic E-state index is 13.0. The number of rotatable bonds is 12. The van der Waals surface area contributed by atoms with Crippen LogP contribution in [0.5, 0.6) is 0 Å². The van der Waals surface area contributed by atoms with Gasteiger partial charge in [0.2, 0.25) is 0 Å². The Balaban J connectivity index is 1.39. The van der Waals surface area contributed by atoms with Crippen LogP contribution in [0, 0.1) is 0 Å². The topological polar surface area (TPSA) is 237 Å². The molecule has 20 heteroatoms. The van der Waals surface area contributed by atoms with E-state index in [2.05, 4.69) is 30.6 Å². The molecule has 0 aromatic carbocycles. The summed E-state index contributed by atoms with van der Waals surface area (Å²) in [5, 5.41) is 25.7. The summed E-state index contributed by atoms with van der Waals surface area (Å²) in [6.07, 6.45) is 0. The zero-order valence-corrected chi connectivity index (χ0v) is 24.2. The van der Waals surface area contributed by atoms with Crippen LogP contribution < -0.4 is 22.5 Å². The quantitative estimate of drug-likeness (QED) is 0.0511. The van der Waals surface area contributed by atoms with Crippen LogP contribution in [0.25, 0.3) is 0 Å². The van der Waals surface area contributed by atoms with Crippen LogP contribution in [0.3, 0.4) is 0 Å². The number of nitrogens with one attached hydrogen (secondary N) is 1. The van der Waals surface area contributed by atoms with Gasteiger partial charge in [0.1, 0.15) is 29.9 Å². The fraction of sp³-hybridized carbons (Fsp3) is 0.368. The number of thiazole rings is 1. The van der Waals surface area contributed by atoms with Gasteiger partial charge in [0.25, 0.3) is 11.8 Å². The molecule has 15 nitrogen and oxygen atoms in total. The molecule has 0 bridgehead atoms. The largest absolute Gasteiger partial charge is 0.477 e. The third-order valence-electron chi connectivity index (χ3n) is 5.07. The van der Waals surface area contributed by atoms with Crippen LogP contribution in [0.4, 0.5) is 5.13 Å². The van der Waals surface area contributed by atoms with E-state index >= 15 is 0 Å². The third kappa shape index (κ3) is 6.75. The predicted octanol–water partition coefficient (Wildman–Crippen LogP) is -0.176. The molecule has 2 aliphatic rings. The number of aromatic nitrogens is 3. The van der Waals surface area contributed by atoms with E-state index in [1.165, 1.54) is 58.6 Å². The highest BCUT2D eigenvalue weighted by molar-refractivity contribution is 8.03. The minimum absolute atomic E-state index is 0.0273. The lowest BCUT2D eigenvalue weighted by Gasteiger charge is -2.49. The average molecular weight is 631 g/mol. The van der Waals surface area contributed by atoms with Crippen molar-refractivity contribution in [3.63, 3.8) is 0 Å². The van der Waals surface area contributed by atoms with Gasteiger partial charge in [-0.25, -0.2) is 9.78 Å². The molecule has 0 spiro atoms. The van der Waals surface area contributed by atoms with E-state index in [1.54, 1.807) is 5.38 Å². The highest BCUT2D eigenvalue weighted by atomic mass is 32.2. The first-order chi connectivity index (χ1) is 18.7. The van der Waals surface area contributed by atoms with E-state index in [9.17, 15) is 19.5 Å². The molecule has 2 atom stereocenters. The molecular weight excluding hydrogens is 609 g/mol. The molecular formula is C19H22N10O5S5. The molecule has 2 aromatic rings. The number of carboxylic acids is 1. The van der Waals surface area contributed by atoms with Gasteiger partial charge in [0.15, 0.2) is 25.5 Å². The van der Waals surface area contributed by atoms with E-state index in [1.807, 2.05) is 0 Å². The van der Waals surface area contributed by atoms with Gasteiger partial charge < -0.3 is 32.5 Å². The number of oxime groups is 1. The van der Waals surface area contributed by atoms with E-state index in [4.69, 9.17) is 22.0 Å². The minimum atomic E-state index is -1.22. The molecule has 0 radical (unpaired) electrons. The van der Waals surface area contributed by atoms with Gasteiger partial charge in [-0.3, -0.25) is 19.5 Å². The number of hydrogen-bond acceptors (Lipinski definition) is 15. The second-order valence-electron chi connectivity index (χ2n) is 7.59. The van der Waals surface area contributed by atoms with Crippen molar-refractivity contribution in [2.75, 3.05) is 36.6 Å². The van der Waals surface area contributed by atoms with Crippen molar-refractivity contribution >= 4 is 92.5 Å². The van der Waals surface area contributed by atoms with Crippen LogP contribution in [-0.2, 0) is 19.2 Å². The van der Waals surface area contributed by atoms with Crippen LogP contribution in [0.1, 0.15) is 5.69 Å². The summed E-state index contributed by atoms with van der Waals surface area (Å²) in [5.74, 6) is -1.12. The van der Waals surface area contributed by atoms with Crippen molar-refractivity contribution in [2.24, 2.45) is 21.6 Å².